The number of carbonyl (C=O) groups is 1. The highest BCUT2D eigenvalue weighted by Gasteiger charge is 2.41. The van der Waals surface area contributed by atoms with Gasteiger partial charge in [0, 0.05) is 5.92 Å². The lowest BCUT2D eigenvalue weighted by Gasteiger charge is -2.40. The van der Waals surface area contributed by atoms with E-state index in [0.717, 1.165) is 31.8 Å². The van der Waals surface area contributed by atoms with Crippen molar-refractivity contribution in [1.82, 2.24) is 4.90 Å². The summed E-state index contributed by atoms with van der Waals surface area (Å²) >= 11 is 0. The van der Waals surface area contributed by atoms with Crippen molar-refractivity contribution in [3.05, 3.63) is 0 Å². The number of hydrogen-bond acceptors (Lipinski definition) is 2. The van der Waals surface area contributed by atoms with E-state index in [0.29, 0.717) is 17.6 Å². The van der Waals surface area contributed by atoms with Gasteiger partial charge in [-0.05, 0) is 70.9 Å². The SMILES string of the molecule is CC1CCC(C(=O)C(C)(C)N2CCCC2)CC1C. The van der Waals surface area contributed by atoms with Crippen molar-refractivity contribution in [1.29, 1.82) is 0 Å². The molecule has 2 nitrogen and oxygen atoms in total. The number of nitrogens with zero attached hydrogens (tertiary/aromatic N) is 1. The lowest BCUT2D eigenvalue weighted by Crippen LogP contribution is -2.51. The molecule has 0 bridgehead atoms. The van der Waals surface area contributed by atoms with Crippen molar-refractivity contribution in [2.45, 2.75) is 65.3 Å². The minimum absolute atomic E-state index is 0.235. The van der Waals surface area contributed by atoms with Crippen LogP contribution in [0.4, 0.5) is 0 Å². The molecule has 2 rings (SSSR count). The van der Waals surface area contributed by atoms with Crippen molar-refractivity contribution in [3.8, 4) is 0 Å². The number of Topliss-reactive ketones (excluding diaryl/α,β-unsaturated/α-hetero) is 1. The number of carbonyl (C=O) groups excluding carboxylic acids is 1. The van der Waals surface area contributed by atoms with Crippen LogP contribution in [0.1, 0.15) is 59.8 Å². The first-order valence-electron chi connectivity index (χ1n) is 7.72. The molecule has 1 saturated heterocycles. The summed E-state index contributed by atoms with van der Waals surface area (Å²) in [6, 6.07) is 0. The van der Waals surface area contributed by atoms with Crippen LogP contribution in [0.5, 0.6) is 0 Å². The van der Waals surface area contributed by atoms with Gasteiger partial charge in [0.15, 0.2) is 5.78 Å². The van der Waals surface area contributed by atoms with Gasteiger partial charge in [0.2, 0.25) is 0 Å². The van der Waals surface area contributed by atoms with Gasteiger partial charge in [-0.2, -0.15) is 0 Å². The molecule has 2 heteroatoms. The van der Waals surface area contributed by atoms with E-state index in [4.69, 9.17) is 0 Å². The average molecular weight is 251 g/mol. The molecular formula is C16H29NO. The Hall–Kier alpha value is -0.370. The maximum absolute atomic E-state index is 12.8. The molecular weight excluding hydrogens is 222 g/mol. The molecule has 0 radical (unpaired) electrons. The number of likely N-dealkylation sites (tertiary alicyclic amines) is 1. The maximum Gasteiger partial charge on any atom is 0.155 e. The van der Waals surface area contributed by atoms with Crippen LogP contribution in [0.15, 0.2) is 0 Å². The third-order valence-corrected chi connectivity index (χ3v) is 5.47. The van der Waals surface area contributed by atoms with Crippen LogP contribution < -0.4 is 0 Å². The highest BCUT2D eigenvalue weighted by atomic mass is 16.1. The molecule has 104 valence electrons. The molecule has 0 N–H and O–H groups in total. The van der Waals surface area contributed by atoms with Crippen molar-refractivity contribution in [3.63, 3.8) is 0 Å². The maximum atomic E-state index is 12.8. The van der Waals surface area contributed by atoms with Crippen LogP contribution >= 0.6 is 0 Å². The average Bonchev–Trinajstić information content (AvgIpc) is 2.86. The van der Waals surface area contributed by atoms with Crippen LogP contribution in [0.25, 0.3) is 0 Å². The van der Waals surface area contributed by atoms with Gasteiger partial charge < -0.3 is 0 Å². The van der Waals surface area contributed by atoms with E-state index in [2.05, 4.69) is 32.6 Å². The molecule has 0 aromatic heterocycles. The first-order chi connectivity index (χ1) is 8.43. The Morgan fingerprint density at radius 2 is 1.67 bits per heavy atom. The Morgan fingerprint density at radius 1 is 1.06 bits per heavy atom. The monoisotopic (exact) mass is 251 g/mol. The summed E-state index contributed by atoms with van der Waals surface area (Å²) in [5.41, 5.74) is -0.235. The van der Waals surface area contributed by atoms with Crippen LogP contribution in [0, 0.1) is 17.8 Å². The van der Waals surface area contributed by atoms with E-state index in [-0.39, 0.29) is 5.54 Å². The first-order valence-corrected chi connectivity index (χ1v) is 7.72. The lowest BCUT2D eigenvalue weighted by atomic mass is 9.71. The summed E-state index contributed by atoms with van der Waals surface area (Å²) in [7, 11) is 0. The molecule has 1 heterocycles. The van der Waals surface area contributed by atoms with Gasteiger partial charge in [0.25, 0.3) is 0 Å². The van der Waals surface area contributed by atoms with Crippen molar-refractivity contribution < 1.29 is 4.79 Å². The molecule has 0 aromatic rings. The van der Waals surface area contributed by atoms with Gasteiger partial charge in [-0.15, -0.1) is 0 Å². The smallest absolute Gasteiger partial charge is 0.155 e. The van der Waals surface area contributed by atoms with Gasteiger partial charge in [-0.3, -0.25) is 9.69 Å². The summed E-state index contributed by atoms with van der Waals surface area (Å²) in [6.45, 7) is 11.1. The Morgan fingerprint density at radius 3 is 2.22 bits per heavy atom. The molecule has 1 aliphatic heterocycles. The molecule has 2 fully saturated rings. The second-order valence-corrected chi connectivity index (χ2v) is 7.08. The fraction of sp³-hybridized carbons (Fsp3) is 0.938. The molecule has 18 heavy (non-hydrogen) atoms. The van der Waals surface area contributed by atoms with Gasteiger partial charge in [0.1, 0.15) is 0 Å². The zero-order chi connectivity index (χ0) is 13.3. The number of rotatable bonds is 3. The van der Waals surface area contributed by atoms with Gasteiger partial charge in [-0.25, -0.2) is 0 Å². The third-order valence-electron chi connectivity index (χ3n) is 5.47. The number of hydrogen-bond donors (Lipinski definition) is 0. The molecule has 3 atom stereocenters. The zero-order valence-corrected chi connectivity index (χ0v) is 12.5. The molecule has 0 aromatic carbocycles. The van der Waals surface area contributed by atoms with E-state index in [9.17, 15) is 4.79 Å². The molecule has 0 amide bonds. The van der Waals surface area contributed by atoms with Gasteiger partial charge in [0.05, 0.1) is 5.54 Å². The summed E-state index contributed by atoms with van der Waals surface area (Å²) in [5.74, 6) is 2.32. The predicted molar refractivity (Wildman–Crippen MR) is 75.6 cm³/mol. The minimum Gasteiger partial charge on any atom is -0.297 e. The third kappa shape index (κ3) is 2.64. The zero-order valence-electron chi connectivity index (χ0n) is 12.5. The Kier molecular flexibility index (Phi) is 4.15. The van der Waals surface area contributed by atoms with Crippen LogP contribution in [-0.2, 0) is 4.79 Å². The number of ketones is 1. The summed E-state index contributed by atoms with van der Waals surface area (Å²) in [5, 5.41) is 0. The van der Waals surface area contributed by atoms with Crippen molar-refractivity contribution in [2.75, 3.05) is 13.1 Å². The molecule has 1 saturated carbocycles. The summed E-state index contributed by atoms with van der Waals surface area (Å²) in [4.78, 5) is 15.2. The van der Waals surface area contributed by atoms with Gasteiger partial charge >= 0.3 is 0 Å². The normalized spacial score (nSPS) is 34.8. The minimum atomic E-state index is -0.235. The highest BCUT2D eigenvalue weighted by molar-refractivity contribution is 5.89. The molecule has 0 spiro atoms. The largest absolute Gasteiger partial charge is 0.297 e. The fourth-order valence-corrected chi connectivity index (χ4v) is 3.72. The van der Waals surface area contributed by atoms with E-state index >= 15 is 0 Å². The van der Waals surface area contributed by atoms with Crippen LogP contribution in [0.2, 0.25) is 0 Å². The van der Waals surface area contributed by atoms with E-state index in [1.807, 2.05) is 0 Å². The van der Waals surface area contributed by atoms with E-state index in [1.54, 1.807) is 0 Å². The van der Waals surface area contributed by atoms with E-state index in [1.165, 1.54) is 19.3 Å². The molecule has 2 aliphatic rings. The standard InChI is InChI=1S/C16H29NO/c1-12-7-8-14(11-13(12)2)15(18)16(3,4)17-9-5-6-10-17/h12-14H,5-11H2,1-4H3. The van der Waals surface area contributed by atoms with E-state index < -0.39 is 0 Å². The quantitative estimate of drug-likeness (QED) is 0.765. The van der Waals surface area contributed by atoms with Crippen LogP contribution in [0.3, 0.4) is 0 Å². The van der Waals surface area contributed by atoms with Crippen molar-refractivity contribution in [2.24, 2.45) is 17.8 Å². The second kappa shape index (κ2) is 5.32. The summed E-state index contributed by atoms with van der Waals surface area (Å²) in [6.07, 6.45) is 5.97. The second-order valence-electron chi connectivity index (χ2n) is 7.08. The topological polar surface area (TPSA) is 20.3 Å². The predicted octanol–water partition coefficient (Wildman–Crippen LogP) is 3.50. The molecule has 1 aliphatic carbocycles. The Bertz CT molecular complexity index is 304. The lowest BCUT2D eigenvalue weighted by molar-refractivity contribution is -0.134. The Labute approximate surface area is 112 Å². The summed E-state index contributed by atoms with van der Waals surface area (Å²) < 4.78 is 0. The Balaban J connectivity index is 2.01. The highest BCUT2D eigenvalue weighted by Crippen LogP contribution is 2.37. The molecule has 3 unspecified atom stereocenters. The fourth-order valence-electron chi connectivity index (χ4n) is 3.72. The first kappa shape index (κ1) is 14.0. The van der Waals surface area contributed by atoms with Crippen LogP contribution in [-0.4, -0.2) is 29.3 Å². The van der Waals surface area contributed by atoms with Crippen molar-refractivity contribution >= 4 is 5.78 Å². The van der Waals surface area contributed by atoms with Gasteiger partial charge in [-0.1, -0.05) is 13.8 Å².